The summed E-state index contributed by atoms with van der Waals surface area (Å²) in [5.74, 6) is 0.832. The van der Waals surface area contributed by atoms with E-state index in [1.165, 1.54) is 0 Å². The molecule has 20 heavy (non-hydrogen) atoms. The molecule has 2 heterocycles. The van der Waals surface area contributed by atoms with Gasteiger partial charge < -0.3 is 4.74 Å². The molecule has 0 aliphatic heterocycles. The zero-order chi connectivity index (χ0) is 14.3. The Morgan fingerprint density at radius 1 is 0.950 bits per heavy atom. The largest absolute Gasteiger partial charge is 0.497 e. The third kappa shape index (κ3) is 1.82. The van der Waals surface area contributed by atoms with Crippen molar-refractivity contribution in [1.29, 1.82) is 0 Å². The molecule has 5 heteroatoms. The Balaban J connectivity index is 2.23. The van der Waals surface area contributed by atoms with Gasteiger partial charge in [0.1, 0.15) is 11.3 Å². The van der Waals surface area contributed by atoms with E-state index in [0.29, 0.717) is 0 Å². The van der Waals surface area contributed by atoms with E-state index in [2.05, 4.69) is 15.3 Å². The molecule has 0 spiro atoms. The smallest absolute Gasteiger partial charge is 0.119 e. The van der Waals surface area contributed by atoms with Gasteiger partial charge in [-0.05, 0) is 45.0 Å². The molecule has 0 saturated carbocycles. The number of rotatable bonds is 2. The van der Waals surface area contributed by atoms with Crippen molar-refractivity contribution in [3.05, 3.63) is 41.3 Å². The molecule has 0 saturated heterocycles. The topological polar surface area (TPSA) is 52.8 Å². The first kappa shape index (κ1) is 12.6. The Bertz CT molecular complexity index is 775. The first-order valence-corrected chi connectivity index (χ1v) is 6.45. The first-order chi connectivity index (χ1) is 9.61. The summed E-state index contributed by atoms with van der Waals surface area (Å²) in [6.07, 6.45) is 0. The highest BCUT2D eigenvalue weighted by Crippen LogP contribution is 2.25. The molecule has 0 aliphatic carbocycles. The summed E-state index contributed by atoms with van der Waals surface area (Å²) in [4.78, 5) is 0. The van der Waals surface area contributed by atoms with Crippen LogP contribution in [0.25, 0.3) is 16.6 Å². The van der Waals surface area contributed by atoms with Crippen molar-refractivity contribution in [2.75, 3.05) is 7.11 Å². The molecule has 2 aromatic heterocycles. The van der Waals surface area contributed by atoms with Crippen molar-refractivity contribution < 1.29 is 4.74 Å². The highest BCUT2D eigenvalue weighted by Gasteiger charge is 2.14. The van der Waals surface area contributed by atoms with Crippen molar-refractivity contribution >= 4 is 10.9 Å². The Morgan fingerprint density at radius 3 is 2.20 bits per heavy atom. The third-order valence-corrected chi connectivity index (χ3v) is 3.49. The number of hydrogen-bond acceptors (Lipinski definition) is 4. The van der Waals surface area contributed by atoms with Gasteiger partial charge in [0.2, 0.25) is 0 Å². The maximum atomic E-state index is 5.18. The Morgan fingerprint density at radius 2 is 1.60 bits per heavy atom. The van der Waals surface area contributed by atoms with Crippen LogP contribution in [0.5, 0.6) is 5.75 Å². The van der Waals surface area contributed by atoms with Gasteiger partial charge >= 0.3 is 0 Å². The van der Waals surface area contributed by atoms with Crippen LogP contribution in [-0.4, -0.2) is 27.1 Å². The minimum atomic E-state index is 0.832. The quantitative estimate of drug-likeness (QED) is 0.717. The van der Waals surface area contributed by atoms with E-state index in [1.54, 1.807) is 7.11 Å². The third-order valence-electron chi connectivity index (χ3n) is 3.49. The highest BCUT2D eigenvalue weighted by molar-refractivity contribution is 5.85. The molecule has 5 nitrogen and oxygen atoms in total. The summed E-state index contributed by atoms with van der Waals surface area (Å²) in [6, 6.07) is 7.83. The molecule has 0 radical (unpaired) electrons. The number of aryl methyl sites for hydroxylation is 3. The predicted molar refractivity (Wildman–Crippen MR) is 77.4 cm³/mol. The maximum Gasteiger partial charge on any atom is 0.119 e. The molecule has 0 unspecified atom stereocenters. The maximum absolute atomic E-state index is 5.18. The number of nitrogens with zero attached hydrogens (tertiary/aromatic N) is 4. The second kappa shape index (κ2) is 4.59. The van der Waals surface area contributed by atoms with E-state index < -0.39 is 0 Å². The number of fused-ring (bicyclic) bond motifs is 1. The average molecular weight is 268 g/mol. The van der Waals surface area contributed by atoms with Crippen LogP contribution in [0.4, 0.5) is 0 Å². The number of methoxy groups -OCH3 is 1. The van der Waals surface area contributed by atoms with Crippen LogP contribution in [0.1, 0.15) is 17.1 Å². The van der Waals surface area contributed by atoms with Gasteiger partial charge in [-0.1, -0.05) is 0 Å². The first-order valence-electron chi connectivity index (χ1n) is 6.45. The molecule has 0 N–H and O–H groups in total. The second-order valence-corrected chi connectivity index (χ2v) is 4.79. The summed E-state index contributed by atoms with van der Waals surface area (Å²) >= 11 is 0. The second-order valence-electron chi connectivity index (χ2n) is 4.79. The fourth-order valence-corrected chi connectivity index (χ4v) is 2.41. The lowest BCUT2D eigenvalue weighted by atomic mass is 10.2. The van der Waals surface area contributed by atoms with Crippen LogP contribution in [0, 0.1) is 20.8 Å². The van der Waals surface area contributed by atoms with Crippen LogP contribution >= 0.6 is 0 Å². The molecule has 0 amide bonds. The van der Waals surface area contributed by atoms with Crippen LogP contribution in [0.15, 0.2) is 24.3 Å². The number of ether oxygens (including phenoxy) is 1. The predicted octanol–water partition coefficient (Wildman–Crippen LogP) is 2.75. The van der Waals surface area contributed by atoms with Crippen molar-refractivity contribution in [1.82, 2.24) is 20.0 Å². The molecule has 0 fully saturated rings. The lowest BCUT2D eigenvalue weighted by Crippen LogP contribution is -1.98. The number of benzene rings is 1. The van der Waals surface area contributed by atoms with Gasteiger partial charge in [0, 0.05) is 5.39 Å². The standard InChI is InChI=1S/C15H16N4O/c1-9-14-11(3)19(18-15(14)10(2)17-16-9)12-5-7-13(20-4)8-6-12/h5-8H,1-4H3. The fourth-order valence-electron chi connectivity index (χ4n) is 2.41. The van der Waals surface area contributed by atoms with Crippen molar-refractivity contribution in [3.8, 4) is 11.4 Å². The van der Waals surface area contributed by atoms with Crippen LogP contribution in [-0.2, 0) is 0 Å². The molecule has 0 aliphatic rings. The van der Waals surface area contributed by atoms with Gasteiger partial charge in [0.15, 0.2) is 0 Å². The minimum absolute atomic E-state index is 0.832. The molecule has 0 bridgehead atoms. The van der Waals surface area contributed by atoms with Crippen LogP contribution < -0.4 is 4.74 Å². The average Bonchev–Trinajstić information content (AvgIpc) is 2.82. The highest BCUT2D eigenvalue weighted by atomic mass is 16.5. The van der Waals surface area contributed by atoms with Crippen LogP contribution in [0.2, 0.25) is 0 Å². The molecule has 3 rings (SSSR count). The van der Waals surface area contributed by atoms with E-state index in [4.69, 9.17) is 4.74 Å². The molecular weight excluding hydrogens is 252 g/mol. The monoisotopic (exact) mass is 268 g/mol. The van der Waals surface area contributed by atoms with Crippen molar-refractivity contribution in [3.63, 3.8) is 0 Å². The van der Waals surface area contributed by atoms with Gasteiger partial charge in [-0.25, -0.2) is 4.68 Å². The van der Waals surface area contributed by atoms with Crippen molar-refractivity contribution in [2.45, 2.75) is 20.8 Å². The summed E-state index contributed by atoms with van der Waals surface area (Å²) in [6.45, 7) is 5.94. The zero-order valence-electron chi connectivity index (χ0n) is 12.0. The van der Waals surface area contributed by atoms with E-state index >= 15 is 0 Å². The van der Waals surface area contributed by atoms with E-state index in [9.17, 15) is 0 Å². The Kier molecular flexibility index (Phi) is 2.89. The summed E-state index contributed by atoms with van der Waals surface area (Å²) < 4.78 is 7.11. The fraction of sp³-hybridized carbons (Fsp3) is 0.267. The lowest BCUT2D eigenvalue weighted by Gasteiger charge is -2.05. The van der Waals surface area contributed by atoms with Gasteiger partial charge in [-0.15, -0.1) is 0 Å². The van der Waals surface area contributed by atoms with Crippen LogP contribution in [0.3, 0.4) is 0 Å². The lowest BCUT2D eigenvalue weighted by molar-refractivity contribution is 0.414. The van der Waals surface area contributed by atoms with Crippen molar-refractivity contribution in [2.24, 2.45) is 0 Å². The molecule has 1 aromatic carbocycles. The van der Waals surface area contributed by atoms with Gasteiger partial charge in [0.05, 0.1) is 29.9 Å². The molecular formula is C15H16N4O. The number of hydrogen-bond donors (Lipinski definition) is 0. The Labute approximate surface area is 117 Å². The molecule has 102 valence electrons. The zero-order valence-corrected chi connectivity index (χ0v) is 12.0. The molecule has 0 atom stereocenters. The SMILES string of the molecule is COc1ccc(-n2nc3c(C)nnc(C)c3c2C)cc1. The van der Waals surface area contributed by atoms with Gasteiger partial charge in [-0.3, -0.25) is 0 Å². The number of aromatic nitrogens is 4. The summed E-state index contributed by atoms with van der Waals surface area (Å²) in [5, 5.41) is 14.1. The Hall–Kier alpha value is -2.43. The van der Waals surface area contributed by atoms with E-state index in [1.807, 2.05) is 49.7 Å². The summed E-state index contributed by atoms with van der Waals surface area (Å²) in [7, 11) is 1.66. The van der Waals surface area contributed by atoms with Gasteiger partial charge in [0.25, 0.3) is 0 Å². The minimum Gasteiger partial charge on any atom is -0.497 e. The van der Waals surface area contributed by atoms with Gasteiger partial charge in [-0.2, -0.15) is 15.3 Å². The molecule has 3 aromatic rings. The summed E-state index contributed by atoms with van der Waals surface area (Å²) in [5.41, 5.74) is 4.73. The normalized spacial score (nSPS) is 11.0. The van der Waals surface area contributed by atoms with E-state index in [0.717, 1.165) is 39.4 Å². The van der Waals surface area contributed by atoms with E-state index in [-0.39, 0.29) is 0 Å².